The van der Waals surface area contributed by atoms with Crippen molar-refractivity contribution in [3.05, 3.63) is 58.5 Å². The Labute approximate surface area is 224 Å². The van der Waals surface area contributed by atoms with Crippen LogP contribution in [0.3, 0.4) is 0 Å². The zero-order chi connectivity index (χ0) is 27.3. The van der Waals surface area contributed by atoms with Crippen molar-refractivity contribution in [2.75, 3.05) is 18.4 Å². The summed E-state index contributed by atoms with van der Waals surface area (Å²) in [6, 6.07) is 3.65. The normalized spacial score (nSPS) is 17.5. The maximum Gasteiger partial charge on any atom is 0.417 e. The van der Waals surface area contributed by atoms with E-state index in [2.05, 4.69) is 20.6 Å². The molecule has 1 fully saturated rings. The number of halogens is 4. The first-order valence-corrected chi connectivity index (χ1v) is 13.2. The molecule has 0 radical (unpaired) electrons. The van der Waals surface area contributed by atoms with Gasteiger partial charge in [-0.1, -0.05) is 43.9 Å². The summed E-state index contributed by atoms with van der Waals surface area (Å²) in [6.45, 7) is 2.58. The Morgan fingerprint density at radius 2 is 1.92 bits per heavy atom. The highest BCUT2D eigenvalue weighted by Gasteiger charge is 2.31. The maximum atomic E-state index is 12.7. The van der Waals surface area contributed by atoms with E-state index in [1.54, 1.807) is 6.20 Å². The number of rotatable bonds is 6. The second-order valence-corrected chi connectivity index (χ2v) is 10.3. The van der Waals surface area contributed by atoms with E-state index in [9.17, 15) is 22.8 Å². The molecule has 1 aliphatic heterocycles. The molecule has 11 heteroatoms. The average molecular weight is 550 g/mol. The Morgan fingerprint density at radius 1 is 1.16 bits per heavy atom. The molecule has 1 unspecified atom stereocenters. The lowest BCUT2D eigenvalue weighted by atomic mass is 9.94. The number of hydrogen-bond donors (Lipinski definition) is 2. The van der Waals surface area contributed by atoms with E-state index in [1.165, 1.54) is 11.3 Å². The molecule has 2 aromatic rings. The van der Waals surface area contributed by atoms with Gasteiger partial charge in [0.1, 0.15) is 5.82 Å². The number of amides is 3. The molecule has 1 atom stereocenters. The molecule has 4 rings (SSSR count). The van der Waals surface area contributed by atoms with Crippen LogP contribution in [0, 0.1) is 5.92 Å². The van der Waals surface area contributed by atoms with Gasteiger partial charge in [-0.3, -0.25) is 15.1 Å². The van der Waals surface area contributed by atoms with E-state index in [4.69, 9.17) is 11.6 Å². The molecule has 2 aromatic heterocycles. The molecule has 3 amide bonds. The molecule has 1 saturated carbocycles. The van der Waals surface area contributed by atoms with Crippen LogP contribution < -0.4 is 10.6 Å². The van der Waals surface area contributed by atoms with Crippen LogP contribution >= 0.6 is 11.6 Å². The third-order valence-electron chi connectivity index (χ3n) is 6.97. The molecule has 7 nitrogen and oxygen atoms in total. The Balaban J connectivity index is 1.30. The molecule has 38 heavy (non-hydrogen) atoms. The van der Waals surface area contributed by atoms with Gasteiger partial charge in [0.2, 0.25) is 5.91 Å². The first-order valence-electron chi connectivity index (χ1n) is 12.8. The van der Waals surface area contributed by atoms with Gasteiger partial charge in [-0.05, 0) is 55.0 Å². The first kappa shape index (κ1) is 27.9. The average Bonchev–Trinajstić information content (AvgIpc) is 2.89. The molecule has 0 spiro atoms. The fourth-order valence-electron chi connectivity index (χ4n) is 4.75. The van der Waals surface area contributed by atoms with Crippen molar-refractivity contribution < 1.29 is 22.8 Å². The molecule has 0 saturated heterocycles. The fourth-order valence-corrected chi connectivity index (χ4v) is 5.07. The summed E-state index contributed by atoms with van der Waals surface area (Å²) >= 11 is 6.55. The van der Waals surface area contributed by atoms with Gasteiger partial charge in [0.05, 0.1) is 16.3 Å². The quantitative estimate of drug-likeness (QED) is 0.456. The van der Waals surface area contributed by atoms with Crippen molar-refractivity contribution >= 4 is 34.9 Å². The van der Waals surface area contributed by atoms with E-state index >= 15 is 0 Å². The molecular formula is C27H31ClF3N5O2. The van der Waals surface area contributed by atoms with Crippen molar-refractivity contribution in [3.8, 4) is 0 Å². The van der Waals surface area contributed by atoms with Gasteiger partial charge in [0.25, 0.3) is 0 Å². The van der Waals surface area contributed by atoms with Crippen LogP contribution in [0.25, 0.3) is 5.57 Å². The third-order valence-corrected chi connectivity index (χ3v) is 7.25. The summed E-state index contributed by atoms with van der Waals surface area (Å²) in [7, 11) is 0. The zero-order valence-corrected chi connectivity index (χ0v) is 21.9. The van der Waals surface area contributed by atoms with Gasteiger partial charge >= 0.3 is 12.2 Å². The van der Waals surface area contributed by atoms with E-state index in [-0.39, 0.29) is 23.7 Å². The predicted octanol–water partition coefficient (Wildman–Crippen LogP) is 6.10. The number of pyridine rings is 2. The highest BCUT2D eigenvalue weighted by Crippen LogP contribution is 2.30. The minimum Gasteiger partial charge on any atom is -0.353 e. The molecule has 3 heterocycles. The van der Waals surface area contributed by atoms with E-state index in [0.29, 0.717) is 42.8 Å². The molecular weight excluding hydrogens is 519 g/mol. The highest BCUT2D eigenvalue weighted by molar-refractivity contribution is 6.32. The van der Waals surface area contributed by atoms with Crippen molar-refractivity contribution in [2.24, 2.45) is 5.92 Å². The second kappa shape index (κ2) is 12.1. The maximum absolute atomic E-state index is 12.7. The summed E-state index contributed by atoms with van der Waals surface area (Å²) < 4.78 is 38.1. The van der Waals surface area contributed by atoms with E-state index < -0.39 is 17.8 Å². The van der Waals surface area contributed by atoms with Gasteiger partial charge < -0.3 is 10.2 Å². The van der Waals surface area contributed by atoms with E-state index in [1.807, 2.05) is 19.1 Å². The number of nitrogens with one attached hydrogen (secondary N) is 2. The van der Waals surface area contributed by atoms with Crippen LogP contribution in [0.1, 0.15) is 62.3 Å². The van der Waals surface area contributed by atoms with Crippen molar-refractivity contribution in [1.82, 2.24) is 20.2 Å². The Bertz CT molecular complexity index is 1180. The Kier molecular flexibility index (Phi) is 8.91. The number of anilines is 1. The Hall–Kier alpha value is -3.14. The Morgan fingerprint density at radius 3 is 2.53 bits per heavy atom. The van der Waals surface area contributed by atoms with Crippen molar-refractivity contribution in [2.45, 2.75) is 64.1 Å². The zero-order valence-electron chi connectivity index (χ0n) is 21.2. The number of carbonyl (C=O) groups excluding carboxylic acids is 2. The van der Waals surface area contributed by atoms with Crippen LogP contribution in [0.5, 0.6) is 0 Å². The second-order valence-electron chi connectivity index (χ2n) is 9.91. The standard InChI is InChI=1S/C27H31ClF3N5O2/c1-17(25(37)34-21-5-3-2-4-6-21)13-18-14-22(28)24(33-15-18)19-9-11-36(12-10-19)26(38)35-23-8-7-20(16-32-23)27(29,30)31/h7-9,14-17,21H,2-6,10-13H2,1H3,(H,34,37)(H,32,35,38). The lowest BCUT2D eigenvalue weighted by molar-refractivity contribution is -0.137. The molecule has 1 aliphatic carbocycles. The van der Waals surface area contributed by atoms with Crippen LogP contribution in [0.15, 0.2) is 36.7 Å². The van der Waals surface area contributed by atoms with Crippen molar-refractivity contribution in [1.29, 1.82) is 0 Å². The summed E-state index contributed by atoms with van der Waals surface area (Å²) in [5, 5.41) is 6.17. The molecule has 2 aliphatic rings. The topological polar surface area (TPSA) is 87.2 Å². The SMILES string of the molecule is CC(Cc1cnc(C2=CCN(C(=O)Nc3ccc(C(F)(F)F)cn3)CC2)c(Cl)c1)C(=O)NC1CCCCC1. The fraction of sp³-hybridized carbons (Fsp3) is 0.481. The van der Waals surface area contributed by atoms with Gasteiger partial charge in [-0.15, -0.1) is 0 Å². The number of nitrogens with zero attached hydrogens (tertiary/aromatic N) is 3. The number of aromatic nitrogens is 2. The largest absolute Gasteiger partial charge is 0.417 e. The monoisotopic (exact) mass is 549 g/mol. The van der Waals surface area contributed by atoms with Gasteiger partial charge in [-0.25, -0.2) is 9.78 Å². The van der Waals surface area contributed by atoms with Crippen LogP contribution in [0.4, 0.5) is 23.8 Å². The minimum atomic E-state index is -4.49. The smallest absolute Gasteiger partial charge is 0.353 e. The summed E-state index contributed by atoms with van der Waals surface area (Å²) in [6.07, 6.45) is 6.49. The van der Waals surface area contributed by atoms with E-state index in [0.717, 1.165) is 49.0 Å². The minimum absolute atomic E-state index is 0.0414. The number of hydrogen-bond acceptors (Lipinski definition) is 4. The number of urea groups is 1. The molecule has 204 valence electrons. The molecule has 2 N–H and O–H groups in total. The van der Waals surface area contributed by atoms with Gasteiger partial charge in [0, 0.05) is 37.4 Å². The lowest BCUT2D eigenvalue weighted by Gasteiger charge is -2.26. The van der Waals surface area contributed by atoms with Crippen LogP contribution in [0.2, 0.25) is 5.02 Å². The summed E-state index contributed by atoms with van der Waals surface area (Å²) in [4.78, 5) is 34.9. The number of carbonyl (C=O) groups is 2. The van der Waals surface area contributed by atoms with Crippen LogP contribution in [-0.2, 0) is 17.4 Å². The third kappa shape index (κ3) is 7.24. The molecule has 0 aromatic carbocycles. The first-order chi connectivity index (χ1) is 18.1. The van der Waals surface area contributed by atoms with Gasteiger partial charge in [0.15, 0.2) is 0 Å². The summed E-state index contributed by atoms with van der Waals surface area (Å²) in [5.41, 5.74) is 1.54. The highest BCUT2D eigenvalue weighted by atomic mass is 35.5. The number of alkyl halides is 3. The lowest BCUT2D eigenvalue weighted by Crippen LogP contribution is -2.39. The van der Waals surface area contributed by atoms with Crippen LogP contribution in [-0.4, -0.2) is 45.9 Å². The van der Waals surface area contributed by atoms with Crippen molar-refractivity contribution in [3.63, 3.8) is 0 Å². The molecule has 0 bridgehead atoms. The van der Waals surface area contributed by atoms with Gasteiger partial charge in [-0.2, -0.15) is 13.2 Å². The summed E-state index contributed by atoms with van der Waals surface area (Å²) in [5.74, 6) is -0.0996. The predicted molar refractivity (Wildman–Crippen MR) is 140 cm³/mol.